The van der Waals surface area contributed by atoms with Crippen molar-refractivity contribution < 1.29 is 4.79 Å². The number of aromatic nitrogens is 2. The molecule has 2 aromatic heterocycles. The number of benzene rings is 1. The summed E-state index contributed by atoms with van der Waals surface area (Å²) in [6, 6.07) is 14.1. The summed E-state index contributed by atoms with van der Waals surface area (Å²) in [7, 11) is 0. The Morgan fingerprint density at radius 1 is 1.12 bits per heavy atom. The monoisotopic (exact) mass is 343 g/mol. The Hall–Kier alpha value is -2.72. The third kappa shape index (κ3) is 2.49. The second kappa shape index (κ2) is 6.22. The number of fused-ring (bicyclic) bond motifs is 2. The molecule has 0 bridgehead atoms. The fourth-order valence-corrected chi connectivity index (χ4v) is 4.34. The van der Waals surface area contributed by atoms with Gasteiger partial charge in [-0.3, -0.25) is 14.3 Å². The molecule has 0 N–H and O–H groups in total. The van der Waals surface area contributed by atoms with Crippen LogP contribution in [0.4, 0.5) is 0 Å². The quantitative estimate of drug-likeness (QED) is 0.706. The lowest BCUT2D eigenvalue weighted by Crippen LogP contribution is -2.32. The first-order chi connectivity index (χ1) is 12.8. The van der Waals surface area contributed by atoms with E-state index in [0.29, 0.717) is 11.6 Å². The first kappa shape index (κ1) is 15.5. The first-order valence-corrected chi connectivity index (χ1v) is 9.30. The molecule has 26 heavy (non-hydrogen) atoms. The van der Waals surface area contributed by atoms with Gasteiger partial charge in [0.15, 0.2) is 0 Å². The van der Waals surface area contributed by atoms with E-state index in [4.69, 9.17) is 0 Å². The maximum Gasteiger partial charge on any atom is 0.263 e. The van der Waals surface area contributed by atoms with Gasteiger partial charge < -0.3 is 0 Å². The number of pyridine rings is 1. The summed E-state index contributed by atoms with van der Waals surface area (Å²) >= 11 is 0. The normalized spacial score (nSPS) is 20.2. The summed E-state index contributed by atoms with van der Waals surface area (Å²) in [6.45, 7) is 2.23. The SMILES string of the molecule is O=C(c1ccccc1)n1cc(C2=CCN3CCCC3C2)c2cccnc21. The standard InChI is InChI=1S/C22H21N3O/c26-22(16-6-2-1-3-7-16)25-15-20(19-9-4-11-23-21(19)25)17-10-13-24-12-5-8-18(24)14-17/h1-4,6-7,9-11,15,18H,5,8,12-14H2. The lowest BCUT2D eigenvalue weighted by molar-refractivity contribution is 0.0964. The largest absolute Gasteiger partial charge is 0.296 e. The molecule has 130 valence electrons. The fourth-order valence-electron chi connectivity index (χ4n) is 4.34. The van der Waals surface area contributed by atoms with Crippen molar-refractivity contribution in [1.82, 2.24) is 14.5 Å². The van der Waals surface area contributed by atoms with E-state index in [1.165, 1.54) is 25.0 Å². The second-order valence-electron chi connectivity index (χ2n) is 7.18. The highest BCUT2D eigenvalue weighted by Crippen LogP contribution is 2.35. The number of hydrogen-bond donors (Lipinski definition) is 0. The zero-order chi connectivity index (χ0) is 17.5. The molecule has 0 radical (unpaired) electrons. The average Bonchev–Trinajstić information content (AvgIpc) is 3.32. The van der Waals surface area contributed by atoms with E-state index >= 15 is 0 Å². The van der Waals surface area contributed by atoms with Crippen LogP contribution in [0.25, 0.3) is 16.6 Å². The van der Waals surface area contributed by atoms with Crippen LogP contribution in [0.15, 0.2) is 60.9 Å². The predicted octanol–water partition coefficient (Wildman–Crippen LogP) is 3.98. The maximum absolute atomic E-state index is 13.0. The van der Waals surface area contributed by atoms with E-state index in [9.17, 15) is 4.79 Å². The Bertz CT molecular complexity index is 1000. The smallest absolute Gasteiger partial charge is 0.263 e. The van der Waals surface area contributed by atoms with Gasteiger partial charge in [0.25, 0.3) is 5.91 Å². The predicted molar refractivity (Wildman–Crippen MR) is 103 cm³/mol. The number of hydrogen-bond acceptors (Lipinski definition) is 3. The molecule has 2 aliphatic heterocycles. The van der Waals surface area contributed by atoms with E-state index in [2.05, 4.69) is 22.0 Å². The Balaban J connectivity index is 1.60. The van der Waals surface area contributed by atoms with Crippen LogP contribution in [0.5, 0.6) is 0 Å². The molecule has 1 atom stereocenters. The van der Waals surface area contributed by atoms with Crippen LogP contribution in [0.2, 0.25) is 0 Å². The molecule has 2 aliphatic rings. The van der Waals surface area contributed by atoms with Gasteiger partial charge in [0, 0.05) is 41.5 Å². The van der Waals surface area contributed by atoms with Crippen LogP contribution >= 0.6 is 0 Å². The van der Waals surface area contributed by atoms with Crippen molar-refractivity contribution in [3.63, 3.8) is 0 Å². The fraction of sp³-hybridized carbons (Fsp3) is 0.273. The van der Waals surface area contributed by atoms with Gasteiger partial charge in [0.05, 0.1) is 0 Å². The van der Waals surface area contributed by atoms with Gasteiger partial charge >= 0.3 is 0 Å². The minimum Gasteiger partial charge on any atom is -0.296 e. The minimum absolute atomic E-state index is 0.0283. The summed E-state index contributed by atoms with van der Waals surface area (Å²) in [5.41, 5.74) is 3.93. The molecule has 1 unspecified atom stereocenters. The summed E-state index contributed by atoms with van der Waals surface area (Å²) in [6.07, 6.45) is 9.71. The highest BCUT2D eigenvalue weighted by Gasteiger charge is 2.29. The lowest BCUT2D eigenvalue weighted by Gasteiger charge is -2.29. The van der Waals surface area contributed by atoms with E-state index in [1.807, 2.05) is 42.6 Å². The lowest BCUT2D eigenvalue weighted by atomic mass is 9.94. The molecule has 4 heteroatoms. The van der Waals surface area contributed by atoms with Crippen LogP contribution in [-0.4, -0.2) is 39.5 Å². The third-order valence-electron chi connectivity index (χ3n) is 5.68. The van der Waals surface area contributed by atoms with E-state index < -0.39 is 0 Å². The zero-order valence-corrected chi connectivity index (χ0v) is 14.6. The van der Waals surface area contributed by atoms with Crippen molar-refractivity contribution in [3.8, 4) is 0 Å². The molecule has 0 aliphatic carbocycles. The Morgan fingerprint density at radius 2 is 2.00 bits per heavy atom. The molecular formula is C22H21N3O. The van der Waals surface area contributed by atoms with Gasteiger partial charge in [0.1, 0.15) is 5.65 Å². The van der Waals surface area contributed by atoms with Gasteiger partial charge in [0.2, 0.25) is 0 Å². The van der Waals surface area contributed by atoms with Gasteiger partial charge in [-0.1, -0.05) is 24.3 Å². The van der Waals surface area contributed by atoms with Crippen molar-refractivity contribution in [3.05, 3.63) is 72.1 Å². The topological polar surface area (TPSA) is 38.1 Å². The van der Waals surface area contributed by atoms with Gasteiger partial charge in [-0.25, -0.2) is 4.98 Å². The highest BCUT2D eigenvalue weighted by molar-refractivity contribution is 6.04. The molecule has 4 nitrogen and oxygen atoms in total. The first-order valence-electron chi connectivity index (χ1n) is 9.30. The summed E-state index contributed by atoms with van der Waals surface area (Å²) in [4.78, 5) is 20.1. The molecule has 0 saturated carbocycles. The van der Waals surface area contributed by atoms with Crippen LogP contribution in [-0.2, 0) is 0 Å². The van der Waals surface area contributed by atoms with Crippen molar-refractivity contribution in [2.45, 2.75) is 25.3 Å². The molecule has 4 heterocycles. The average molecular weight is 343 g/mol. The van der Waals surface area contributed by atoms with Gasteiger partial charge in [-0.05, 0) is 55.6 Å². The summed E-state index contributed by atoms with van der Waals surface area (Å²) < 4.78 is 1.71. The number of carbonyl (C=O) groups excluding carboxylic acids is 1. The second-order valence-corrected chi connectivity index (χ2v) is 7.18. The van der Waals surface area contributed by atoms with Crippen molar-refractivity contribution >= 4 is 22.5 Å². The van der Waals surface area contributed by atoms with Crippen LogP contribution < -0.4 is 0 Å². The molecule has 0 spiro atoms. The number of carbonyl (C=O) groups is 1. The van der Waals surface area contributed by atoms with E-state index in [0.717, 1.165) is 29.6 Å². The molecule has 1 saturated heterocycles. The minimum atomic E-state index is -0.0283. The van der Waals surface area contributed by atoms with Crippen LogP contribution in [0, 0.1) is 0 Å². The number of nitrogens with zero attached hydrogens (tertiary/aromatic N) is 3. The highest BCUT2D eigenvalue weighted by atomic mass is 16.2. The zero-order valence-electron chi connectivity index (χ0n) is 14.6. The Morgan fingerprint density at radius 3 is 2.88 bits per heavy atom. The van der Waals surface area contributed by atoms with Crippen molar-refractivity contribution in [1.29, 1.82) is 0 Å². The van der Waals surface area contributed by atoms with Crippen molar-refractivity contribution in [2.24, 2.45) is 0 Å². The number of rotatable bonds is 2. The van der Waals surface area contributed by atoms with Gasteiger partial charge in [-0.2, -0.15) is 0 Å². The third-order valence-corrected chi connectivity index (χ3v) is 5.68. The summed E-state index contributed by atoms with van der Waals surface area (Å²) in [5, 5.41) is 1.06. The summed E-state index contributed by atoms with van der Waals surface area (Å²) in [5.74, 6) is -0.0283. The molecule has 0 amide bonds. The van der Waals surface area contributed by atoms with Crippen molar-refractivity contribution in [2.75, 3.05) is 13.1 Å². The molecular weight excluding hydrogens is 322 g/mol. The Kier molecular flexibility index (Phi) is 3.71. The van der Waals surface area contributed by atoms with E-state index in [1.54, 1.807) is 10.8 Å². The van der Waals surface area contributed by atoms with Crippen LogP contribution in [0.1, 0.15) is 35.2 Å². The molecule has 1 fully saturated rings. The van der Waals surface area contributed by atoms with Gasteiger partial charge in [-0.15, -0.1) is 0 Å². The Labute approximate surface area is 152 Å². The van der Waals surface area contributed by atoms with E-state index in [-0.39, 0.29) is 5.91 Å². The molecule has 1 aromatic carbocycles. The van der Waals surface area contributed by atoms with Crippen LogP contribution in [0.3, 0.4) is 0 Å². The molecule has 3 aromatic rings. The maximum atomic E-state index is 13.0. The molecule has 5 rings (SSSR count).